The number of hydrogen-bond acceptors (Lipinski definition) is 2. The molecule has 78 valence electrons. The standard InChI is InChI=1S/C12H18O2/c1-2-9-7-12(14)5-3-4-11(12)6-10(9)8-13/h2-4,9-11,13-14H,1,5-8H2/t9-,10+,11-,12-/m1/s1. The van der Waals surface area contributed by atoms with E-state index in [2.05, 4.69) is 18.7 Å². The first-order chi connectivity index (χ1) is 6.69. The zero-order chi connectivity index (χ0) is 10.2. The topological polar surface area (TPSA) is 40.5 Å². The average molecular weight is 194 g/mol. The molecule has 2 nitrogen and oxygen atoms in total. The van der Waals surface area contributed by atoms with Gasteiger partial charge in [0.25, 0.3) is 0 Å². The molecular formula is C12H18O2. The molecule has 0 bridgehead atoms. The highest BCUT2D eigenvalue weighted by molar-refractivity contribution is 5.15. The minimum absolute atomic E-state index is 0.205. The molecule has 0 aromatic heterocycles. The van der Waals surface area contributed by atoms with Gasteiger partial charge in [0.2, 0.25) is 0 Å². The lowest BCUT2D eigenvalue weighted by Gasteiger charge is -2.42. The van der Waals surface area contributed by atoms with Gasteiger partial charge in [-0.2, -0.15) is 0 Å². The predicted octanol–water partition coefficient (Wildman–Crippen LogP) is 1.50. The Bertz CT molecular complexity index is 259. The maximum absolute atomic E-state index is 10.3. The van der Waals surface area contributed by atoms with Crippen molar-refractivity contribution < 1.29 is 10.2 Å². The van der Waals surface area contributed by atoms with E-state index in [4.69, 9.17) is 0 Å². The lowest BCUT2D eigenvalue weighted by Crippen LogP contribution is -2.44. The van der Waals surface area contributed by atoms with Crippen LogP contribution >= 0.6 is 0 Å². The van der Waals surface area contributed by atoms with Crippen LogP contribution in [0.5, 0.6) is 0 Å². The third-order valence-electron chi connectivity index (χ3n) is 3.82. The van der Waals surface area contributed by atoms with Crippen molar-refractivity contribution in [2.75, 3.05) is 6.61 Å². The number of fused-ring (bicyclic) bond motifs is 1. The van der Waals surface area contributed by atoms with Crippen LogP contribution in [-0.2, 0) is 0 Å². The Balaban J connectivity index is 2.16. The Morgan fingerprint density at radius 2 is 2.36 bits per heavy atom. The molecule has 0 radical (unpaired) electrons. The summed E-state index contributed by atoms with van der Waals surface area (Å²) < 4.78 is 0. The van der Waals surface area contributed by atoms with Crippen LogP contribution in [0.15, 0.2) is 24.8 Å². The molecule has 0 saturated heterocycles. The second kappa shape index (κ2) is 3.52. The van der Waals surface area contributed by atoms with Crippen LogP contribution in [-0.4, -0.2) is 22.4 Å². The second-order valence-electron chi connectivity index (χ2n) is 4.62. The Morgan fingerprint density at radius 3 is 3.00 bits per heavy atom. The van der Waals surface area contributed by atoms with Gasteiger partial charge >= 0.3 is 0 Å². The Hall–Kier alpha value is -0.600. The minimum Gasteiger partial charge on any atom is -0.396 e. The molecular weight excluding hydrogens is 176 g/mol. The number of aliphatic hydroxyl groups excluding tert-OH is 1. The number of rotatable bonds is 2. The highest BCUT2D eigenvalue weighted by Crippen LogP contribution is 2.46. The summed E-state index contributed by atoms with van der Waals surface area (Å²) in [6.45, 7) is 3.99. The monoisotopic (exact) mass is 194 g/mol. The zero-order valence-corrected chi connectivity index (χ0v) is 8.39. The fraction of sp³-hybridized carbons (Fsp3) is 0.667. The molecule has 2 aliphatic carbocycles. The Kier molecular flexibility index (Phi) is 2.50. The van der Waals surface area contributed by atoms with Crippen LogP contribution in [0, 0.1) is 17.8 Å². The lowest BCUT2D eigenvalue weighted by atomic mass is 9.67. The van der Waals surface area contributed by atoms with Crippen molar-refractivity contribution in [3.05, 3.63) is 24.8 Å². The third kappa shape index (κ3) is 1.43. The number of allylic oxidation sites excluding steroid dienone is 1. The fourth-order valence-electron chi connectivity index (χ4n) is 2.86. The summed E-state index contributed by atoms with van der Waals surface area (Å²) in [6.07, 6.45) is 8.44. The summed E-state index contributed by atoms with van der Waals surface area (Å²) in [6, 6.07) is 0. The van der Waals surface area contributed by atoms with Crippen LogP contribution in [0.4, 0.5) is 0 Å². The van der Waals surface area contributed by atoms with Crippen molar-refractivity contribution in [3.63, 3.8) is 0 Å². The van der Waals surface area contributed by atoms with E-state index in [-0.39, 0.29) is 24.4 Å². The predicted molar refractivity (Wildman–Crippen MR) is 55.7 cm³/mol. The summed E-state index contributed by atoms with van der Waals surface area (Å²) in [4.78, 5) is 0. The van der Waals surface area contributed by atoms with Crippen molar-refractivity contribution >= 4 is 0 Å². The Morgan fingerprint density at radius 1 is 1.57 bits per heavy atom. The van der Waals surface area contributed by atoms with Gasteiger partial charge in [-0.25, -0.2) is 0 Å². The van der Waals surface area contributed by atoms with E-state index in [0.717, 1.165) is 19.3 Å². The van der Waals surface area contributed by atoms with Gasteiger partial charge in [0.15, 0.2) is 0 Å². The summed E-state index contributed by atoms with van der Waals surface area (Å²) in [5, 5.41) is 19.6. The molecule has 14 heavy (non-hydrogen) atoms. The molecule has 2 rings (SSSR count). The largest absolute Gasteiger partial charge is 0.396 e. The van der Waals surface area contributed by atoms with Gasteiger partial charge in [-0.1, -0.05) is 18.2 Å². The van der Waals surface area contributed by atoms with Gasteiger partial charge < -0.3 is 10.2 Å². The van der Waals surface area contributed by atoms with Crippen molar-refractivity contribution in [1.82, 2.24) is 0 Å². The molecule has 4 atom stereocenters. The molecule has 0 heterocycles. The van der Waals surface area contributed by atoms with E-state index in [9.17, 15) is 10.2 Å². The van der Waals surface area contributed by atoms with Gasteiger partial charge in [0, 0.05) is 12.5 Å². The lowest BCUT2D eigenvalue weighted by molar-refractivity contribution is -0.0555. The van der Waals surface area contributed by atoms with Crippen LogP contribution in [0.1, 0.15) is 19.3 Å². The molecule has 0 aromatic rings. The normalized spacial score (nSPS) is 46.3. The summed E-state index contributed by atoms with van der Waals surface area (Å²) in [5.41, 5.74) is -0.551. The smallest absolute Gasteiger partial charge is 0.0750 e. The van der Waals surface area contributed by atoms with E-state index in [1.54, 1.807) is 0 Å². The number of hydrogen-bond donors (Lipinski definition) is 2. The highest BCUT2D eigenvalue weighted by atomic mass is 16.3. The molecule has 2 aliphatic rings. The van der Waals surface area contributed by atoms with Gasteiger partial charge in [-0.3, -0.25) is 0 Å². The average Bonchev–Trinajstić information content (AvgIpc) is 2.56. The van der Waals surface area contributed by atoms with Gasteiger partial charge in [0.05, 0.1) is 5.60 Å². The SMILES string of the molecule is C=C[C@@H]1C[C@]2(O)CC=C[C@@H]2C[C@H]1CO. The van der Waals surface area contributed by atoms with Crippen LogP contribution < -0.4 is 0 Å². The second-order valence-corrected chi connectivity index (χ2v) is 4.62. The van der Waals surface area contributed by atoms with Gasteiger partial charge in [0.1, 0.15) is 0 Å². The van der Waals surface area contributed by atoms with Gasteiger partial charge in [-0.05, 0) is 31.1 Å². The van der Waals surface area contributed by atoms with E-state index in [1.807, 2.05) is 6.08 Å². The first kappa shape index (κ1) is 9.94. The quantitative estimate of drug-likeness (QED) is 0.654. The molecule has 0 amide bonds. The first-order valence-electron chi connectivity index (χ1n) is 5.32. The summed E-state index contributed by atoms with van der Waals surface area (Å²) in [7, 11) is 0. The van der Waals surface area contributed by atoms with E-state index in [1.165, 1.54) is 0 Å². The minimum atomic E-state index is -0.551. The van der Waals surface area contributed by atoms with Crippen molar-refractivity contribution in [1.29, 1.82) is 0 Å². The molecule has 0 spiro atoms. The maximum Gasteiger partial charge on any atom is 0.0750 e. The van der Waals surface area contributed by atoms with Crippen LogP contribution in [0.3, 0.4) is 0 Å². The van der Waals surface area contributed by atoms with Gasteiger partial charge in [-0.15, -0.1) is 6.58 Å². The molecule has 0 aromatic carbocycles. The van der Waals surface area contributed by atoms with E-state index < -0.39 is 5.60 Å². The summed E-state index contributed by atoms with van der Waals surface area (Å²) in [5.74, 6) is 0.789. The molecule has 1 fully saturated rings. The fourth-order valence-corrected chi connectivity index (χ4v) is 2.86. The highest BCUT2D eigenvalue weighted by Gasteiger charge is 2.45. The zero-order valence-electron chi connectivity index (χ0n) is 8.39. The van der Waals surface area contributed by atoms with Crippen LogP contribution in [0.2, 0.25) is 0 Å². The molecule has 0 unspecified atom stereocenters. The molecule has 1 saturated carbocycles. The Labute approximate surface area is 85.0 Å². The van der Waals surface area contributed by atoms with E-state index in [0.29, 0.717) is 0 Å². The third-order valence-corrected chi connectivity index (χ3v) is 3.82. The maximum atomic E-state index is 10.3. The molecule has 2 heteroatoms. The molecule has 2 N–H and O–H groups in total. The summed E-state index contributed by atoms with van der Waals surface area (Å²) >= 11 is 0. The number of aliphatic hydroxyl groups is 2. The first-order valence-corrected chi connectivity index (χ1v) is 5.32. The van der Waals surface area contributed by atoms with Crippen molar-refractivity contribution in [3.8, 4) is 0 Å². The molecule has 0 aliphatic heterocycles. The van der Waals surface area contributed by atoms with Crippen LogP contribution in [0.25, 0.3) is 0 Å². The van der Waals surface area contributed by atoms with Crippen molar-refractivity contribution in [2.45, 2.75) is 24.9 Å². The van der Waals surface area contributed by atoms with Crippen molar-refractivity contribution in [2.24, 2.45) is 17.8 Å². The van der Waals surface area contributed by atoms with E-state index >= 15 is 0 Å².